The van der Waals surface area contributed by atoms with Crippen LogP contribution in [0.4, 0.5) is 18.9 Å². The smallest absolute Gasteiger partial charge is 0.381 e. The number of nitrogens with zero attached hydrogens (tertiary/aromatic N) is 3. The van der Waals surface area contributed by atoms with Crippen LogP contribution in [-0.2, 0) is 26.2 Å². The molecule has 0 aliphatic heterocycles. The van der Waals surface area contributed by atoms with Gasteiger partial charge in [0, 0.05) is 31.0 Å². The van der Waals surface area contributed by atoms with E-state index in [1.807, 2.05) is 13.1 Å². The number of hydrogen-bond donors (Lipinski definition) is 1. The molecule has 7 heteroatoms. The Hall–Kier alpha value is -2.49. The van der Waals surface area contributed by atoms with Gasteiger partial charge in [-0.25, -0.2) is 0 Å². The second-order valence-corrected chi connectivity index (χ2v) is 4.85. The fourth-order valence-electron chi connectivity index (χ4n) is 2.21. The lowest BCUT2D eigenvalue weighted by Crippen LogP contribution is -2.09. The number of nitriles is 1. The molecule has 0 amide bonds. The largest absolute Gasteiger partial charge is 0.417 e. The highest BCUT2D eigenvalue weighted by Gasteiger charge is 2.33. The van der Waals surface area contributed by atoms with Gasteiger partial charge in [-0.1, -0.05) is 6.92 Å². The van der Waals surface area contributed by atoms with Crippen LogP contribution in [0.5, 0.6) is 0 Å². The van der Waals surface area contributed by atoms with Crippen LogP contribution in [-0.4, -0.2) is 9.78 Å². The lowest BCUT2D eigenvalue weighted by atomic mass is 10.1. The molecular formula is C15H15F3N4. The molecule has 1 N–H and O–H groups in total. The first kappa shape index (κ1) is 15.9. The fourth-order valence-corrected chi connectivity index (χ4v) is 2.21. The minimum atomic E-state index is -4.55. The number of halogens is 3. The number of hydrogen-bond acceptors (Lipinski definition) is 3. The molecule has 1 aromatic heterocycles. The lowest BCUT2D eigenvalue weighted by Gasteiger charge is -2.12. The van der Waals surface area contributed by atoms with Gasteiger partial charge in [-0.2, -0.15) is 23.5 Å². The van der Waals surface area contributed by atoms with Crippen molar-refractivity contribution >= 4 is 5.69 Å². The van der Waals surface area contributed by atoms with Crippen molar-refractivity contribution < 1.29 is 13.2 Å². The number of nitrogens with one attached hydrogen (secondary N) is 1. The topological polar surface area (TPSA) is 53.6 Å². The molecule has 2 aromatic rings. The highest BCUT2D eigenvalue weighted by molar-refractivity contribution is 5.53. The van der Waals surface area contributed by atoms with Gasteiger partial charge in [-0.05, 0) is 24.6 Å². The predicted octanol–water partition coefficient (Wildman–Crippen LogP) is 3.49. The van der Waals surface area contributed by atoms with E-state index in [2.05, 4.69) is 10.4 Å². The van der Waals surface area contributed by atoms with Crippen molar-refractivity contribution in [2.75, 3.05) is 5.32 Å². The SMILES string of the molecule is CCc1nn(C)cc1CNc1ccc(C#N)c(C(F)(F)F)c1. The summed E-state index contributed by atoms with van der Waals surface area (Å²) in [6.07, 6.45) is -1.97. The summed E-state index contributed by atoms with van der Waals surface area (Å²) in [5.74, 6) is 0. The standard InChI is InChI=1S/C15H15F3N4/c1-3-14-11(9-22(2)21-14)8-20-12-5-4-10(7-19)13(6-12)15(16,17)18/h4-6,9,20H,3,8H2,1-2H3. The second kappa shape index (κ2) is 6.10. The first-order valence-corrected chi connectivity index (χ1v) is 6.71. The predicted molar refractivity (Wildman–Crippen MR) is 76.1 cm³/mol. The number of anilines is 1. The van der Waals surface area contributed by atoms with E-state index in [0.29, 0.717) is 12.2 Å². The van der Waals surface area contributed by atoms with E-state index < -0.39 is 11.7 Å². The van der Waals surface area contributed by atoms with Gasteiger partial charge in [-0.3, -0.25) is 4.68 Å². The summed E-state index contributed by atoms with van der Waals surface area (Å²) in [6, 6.07) is 5.17. The Morgan fingerprint density at radius 3 is 2.68 bits per heavy atom. The quantitative estimate of drug-likeness (QED) is 0.940. The summed E-state index contributed by atoms with van der Waals surface area (Å²) in [5.41, 5.74) is 0.843. The molecule has 116 valence electrons. The molecule has 0 fully saturated rings. The molecule has 0 aliphatic rings. The molecule has 22 heavy (non-hydrogen) atoms. The molecule has 0 saturated heterocycles. The van der Waals surface area contributed by atoms with Crippen LogP contribution in [0.1, 0.15) is 29.3 Å². The Bertz CT molecular complexity index is 711. The Labute approximate surface area is 126 Å². The number of aryl methyl sites for hydroxylation is 2. The van der Waals surface area contributed by atoms with Crippen molar-refractivity contribution in [1.29, 1.82) is 5.26 Å². The van der Waals surface area contributed by atoms with E-state index in [1.54, 1.807) is 17.8 Å². The van der Waals surface area contributed by atoms with Gasteiger partial charge in [-0.15, -0.1) is 0 Å². The number of alkyl halides is 3. The van der Waals surface area contributed by atoms with Gasteiger partial charge >= 0.3 is 6.18 Å². The van der Waals surface area contributed by atoms with E-state index in [1.165, 1.54) is 12.1 Å². The maximum absolute atomic E-state index is 12.9. The zero-order chi connectivity index (χ0) is 16.3. The van der Waals surface area contributed by atoms with Gasteiger partial charge in [0.05, 0.1) is 22.9 Å². The van der Waals surface area contributed by atoms with Gasteiger partial charge < -0.3 is 5.32 Å². The van der Waals surface area contributed by atoms with Crippen LogP contribution < -0.4 is 5.32 Å². The summed E-state index contributed by atoms with van der Waals surface area (Å²) in [6.45, 7) is 2.34. The average molecular weight is 308 g/mol. The molecule has 1 heterocycles. The van der Waals surface area contributed by atoms with Crippen LogP contribution in [0.3, 0.4) is 0 Å². The minimum absolute atomic E-state index is 0.317. The summed E-state index contributed by atoms with van der Waals surface area (Å²) in [4.78, 5) is 0. The Morgan fingerprint density at radius 1 is 1.36 bits per heavy atom. The summed E-state index contributed by atoms with van der Waals surface area (Å²) < 4.78 is 40.4. The molecule has 0 radical (unpaired) electrons. The van der Waals surface area contributed by atoms with Crippen molar-refractivity contribution in [1.82, 2.24) is 9.78 Å². The second-order valence-electron chi connectivity index (χ2n) is 4.85. The van der Waals surface area contributed by atoms with E-state index in [4.69, 9.17) is 5.26 Å². The molecule has 0 bridgehead atoms. The molecular weight excluding hydrogens is 293 g/mol. The molecule has 0 aliphatic carbocycles. The van der Waals surface area contributed by atoms with Crippen LogP contribution in [0.2, 0.25) is 0 Å². The lowest BCUT2D eigenvalue weighted by molar-refractivity contribution is -0.137. The van der Waals surface area contributed by atoms with Crippen LogP contribution in [0.15, 0.2) is 24.4 Å². The van der Waals surface area contributed by atoms with Gasteiger partial charge in [0.15, 0.2) is 0 Å². The normalized spacial score (nSPS) is 11.3. The summed E-state index contributed by atoms with van der Waals surface area (Å²) in [5, 5.41) is 16.0. The molecule has 0 saturated carbocycles. The van der Waals surface area contributed by atoms with E-state index in [-0.39, 0.29) is 5.56 Å². The Balaban J connectivity index is 2.22. The summed E-state index contributed by atoms with van der Waals surface area (Å²) >= 11 is 0. The third-order valence-electron chi connectivity index (χ3n) is 3.26. The maximum Gasteiger partial charge on any atom is 0.417 e. The zero-order valence-electron chi connectivity index (χ0n) is 12.2. The van der Waals surface area contributed by atoms with Crippen molar-refractivity contribution in [3.05, 3.63) is 46.8 Å². The van der Waals surface area contributed by atoms with Crippen LogP contribution in [0.25, 0.3) is 0 Å². The zero-order valence-corrected chi connectivity index (χ0v) is 12.2. The molecule has 0 unspecified atom stereocenters. The monoisotopic (exact) mass is 308 g/mol. The third-order valence-corrected chi connectivity index (χ3v) is 3.26. The Morgan fingerprint density at radius 2 is 2.09 bits per heavy atom. The van der Waals surface area contributed by atoms with E-state index >= 15 is 0 Å². The maximum atomic E-state index is 12.9. The van der Waals surface area contributed by atoms with Crippen molar-refractivity contribution in [2.45, 2.75) is 26.1 Å². The molecule has 1 aromatic carbocycles. The Kier molecular flexibility index (Phi) is 4.40. The van der Waals surface area contributed by atoms with Crippen LogP contribution in [0, 0.1) is 11.3 Å². The number of aromatic nitrogens is 2. The highest BCUT2D eigenvalue weighted by atomic mass is 19.4. The molecule has 0 atom stereocenters. The van der Waals surface area contributed by atoms with Gasteiger partial charge in [0.2, 0.25) is 0 Å². The fraction of sp³-hybridized carbons (Fsp3) is 0.333. The van der Waals surface area contributed by atoms with Crippen LogP contribution >= 0.6 is 0 Å². The molecule has 2 rings (SSSR count). The number of benzene rings is 1. The average Bonchev–Trinajstić information content (AvgIpc) is 2.84. The first-order chi connectivity index (χ1) is 10.3. The number of rotatable bonds is 4. The van der Waals surface area contributed by atoms with E-state index in [9.17, 15) is 13.2 Å². The minimum Gasteiger partial charge on any atom is -0.381 e. The third kappa shape index (κ3) is 3.39. The van der Waals surface area contributed by atoms with Gasteiger partial charge in [0.1, 0.15) is 0 Å². The van der Waals surface area contributed by atoms with Crippen molar-refractivity contribution in [2.24, 2.45) is 7.05 Å². The summed E-state index contributed by atoms with van der Waals surface area (Å²) in [7, 11) is 1.80. The highest BCUT2D eigenvalue weighted by Crippen LogP contribution is 2.33. The molecule has 0 spiro atoms. The first-order valence-electron chi connectivity index (χ1n) is 6.71. The van der Waals surface area contributed by atoms with Gasteiger partial charge in [0.25, 0.3) is 0 Å². The van der Waals surface area contributed by atoms with E-state index in [0.717, 1.165) is 23.7 Å². The van der Waals surface area contributed by atoms with Crippen molar-refractivity contribution in [3.8, 4) is 6.07 Å². The van der Waals surface area contributed by atoms with Crippen molar-refractivity contribution in [3.63, 3.8) is 0 Å². The molecule has 4 nitrogen and oxygen atoms in total.